The molecular weight excluding hydrogens is 374 g/mol. The van der Waals surface area contributed by atoms with Crippen molar-refractivity contribution in [3.8, 4) is 0 Å². The third kappa shape index (κ3) is 3.52. The Hall–Kier alpha value is -2.38. The summed E-state index contributed by atoms with van der Waals surface area (Å²) in [4.78, 5) is 28.7. The number of rotatable bonds is 4. The largest absolute Gasteiger partial charge is 0.308 e. The molecule has 1 saturated heterocycles. The zero-order valence-corrected chi connectivity index (χ0v) is 16.8. The van der Waals surface area contributed by atoms with Crippen LogP contribution in [-0.4, -0.2) is 47.7 Å². The van der Waals surface area contributed by atoms with Crippen LogP contribution in [0.15, 0.2) is 47.4 Å². The van der Waals surface area contributed by atoms with Crippen molar-refractivity contribution in [2.75, 3.05) is 30.8 Å². The predicted octanol–water partition coefficient (Wildman–Crippen LogP) is 3.83. The highest BCUT2D eigenvalue weighted by Crippen LogP contribution is 2.45. The molecule has 0 spiro atoms. The summed E-state index contributed by atoms with van der Waals surface area (Å²) in [7, 11) is 2.14. The second-order valence-electron chi connectivity index (χ2n) is 7.59. The third-order valence-electron chi connectivity index (χ3n) is 5.63. The van der Waals surface area contributed by atoms with E-state index in [1.54, 1.807) is 12.1 Å². The SMILES string of the molecule is Cc1ccc2c(c1)[C@@H]1CN(C)CC[C@H]1N2C(=O)CSc1ccc([N+](=O)[O-])cc1. The van der Waals surface area contributed by atoms with Crippen molar-refractivity contribution in [1.82, 2.24) is 4.90 Å². The summed E-state index contributed by atoms with van der Waals surface area (Å²) in [6, 6.07) is 13.0. The van der Waals surface area contributed by atoms with Gasteiger partial charge in [-0.15, -0.1) is 11.8 Å². The summed E-state index contributed by atoms with van der Waals surface area (Å²) in [5.41, 5.74) is 3.62. The molecule has 2 aromatic carbocycles. The number of amides is 1. The second-order valence-corrected chi connectivity index (χ2v) is 8.64. The molecule has 2 aliphatic heterocycles. The van der Waals surface area contributed by atoms with Crippen molar-refractivity contribution in [3.05, 3.63) is 63.7 Å². The third-order valence-corrected chi connectivity index (χ3v) is 6.63. The fourth-order valence-electron chi connectivity index (χ4n) is 4.28. The molecule has 0 aromatic heterocycles. The van der Waals surface area contributed by atoms with Crippen LogP contribution in [-0.2, 0) is 4.79 Å². The number of likely N-dealkylation sites (N-methyl/N-ethyl adjacent to an activating group) is 1. The number of nitro groups is 1. The highest BCUT2D eigenvalue weighted by atomic mass is 32.2. The average Bonchev–Trinajstić information content (AvgIpc) is 2.99. The van der Waals surface area contributed by atoms with E-state index in [1.165, 1.54) is 35.0 Å². The van der Waals surface area contributed by atoms with Crippen LogP contribution in [0.1, 0.15) is 23.5 Å². The lowest BCUT2D eigenvalue weighted by atomic mass is 9.89. The van der Waals surface area contributed by atoms with Gasteiger partial charge in [-0.3, -0.25) is 14.9 Å². The molecule has 0 radical (unpaired) electrons. The van der Waals surface area contributed by atoms with E-state index in [2.05, 4.69) is 37.1 Å². The number of hydrogen-bond donors (Lipinski definition) is 0. The minimum Gasteiger partial charge on any atom is -0.308 e. The first-order valence-corrected chi connectivity index (χ1v) is 10.4. The molecular formula is C21H23N3O3S. The van der Waals surface area contributed by atoms with Crippen molar-refractivity contribution in [3.63, 3.8) is 0 Å². The fourth-order valence-corrected chi connectivity index (χ4v) is 5.04. The quantitative estimate of drug-likeness (QED) is 0.446. The summed E-state index contributed by atoms with van der Waals surface area (Å²) in [6.07, 6.45) is 0.975. The van der Waals surface area contributed by atoms with E-state index in [0.717, 1.165) is 30.1 Å². The van der Waals surface area contributed by atoms with Crippen molar-refractivity contribution >= 4 is 29.0 Å². The Bertz CT molecular complexity index is 916. The lowest BCUT2D eigenvalue weighted by Crippen LogP contribution is -2.47. The normalized spacial score (nSPS) is 21.3. The number of anilines is 1. The van der Waals surface area contributed by atoms with Crippen LogP contribution < -0.4 is 4.90 Å². The van der Waals surface area contributed by atoms with Gasteiger partial charge in [-0.2, -0.15) is 0 Å². The number of benzene rings is 2. The molecule has 0 bridgehead atoms. The van der Waals surface area contributed by atoms with E-state index in [1.807, 2.05) is 4.90 Å². The lowest BCUT2D eigenvalue weighted by molar-refractivity contribution is -0.384. The summed E-state index contributed by atoms with van der Waals surface area (Å²) >= 11 is 1.43. The molecule has 7 heteroatoms. The molecule has 0 aliphatic carbocycles. The van der Waals surface area contributed by atoms with Gasteiger partial charge in [-0.25, -0.2) is 0 Å². The number of carbonyl (C=O) groups excluding carboxylic acids is 1. The minimum absolute atomic E-state index is 0.0636. The van der Waals surface area contributed by atoms with Crippen LogP contribution in [0.3, 0.4) is 0 Å². The molecule has 2 heterocycles. The number of nitro benzene ring substituents is 1. The summed E-state index contributed by atoms with van der Waals surface area (Å²) in [6.45, 7) is 4.06. The van der Waals surface area contributed by atoms with Gasteiger partial charge in [-0.1, -0.05) is 17.7 Å². The number of piperidine rings is 1. The molecule has 0 N–H and O–H groups in total. The highest BCUT2D eigenvalue weighted by Gasteiger charge is 2.43. The van der Waals surface area contributed by atoms with Crippen molar-refractivity contribution in [2.24, 2.45) is 0 Å². The molecule has 1 amide bonds. The monoisotopic (exact) mass is 397 g/mol. The summed E-state index contributed by atoms with van der Waals surface area (Å²) in [5.74, 6) is 0.789. The van der Waals surface area contributed by atoms with Gasteiger partial charge < -0.3 is 9.80 Å². The smallest absolute Gasteiger partial charge is 0.269 e. The highest BCUT2D eigenvalue weighted by molar-refractivity contribution is 8.00. The summed E-state index contributed by atoms with van der Waals surface area (Å²) in [5, 5.41) is 10.8. The van der Waals surface area contributed by atoms with Gasteiger partial charge in [0.25, 0.3) is 5.69 Å². The van der Waals surface area contributed by atoms with Gasteiger partial charge in [-0.05, 0) is 50.7 Å². The van der Waals surface area contributed by atoms with E-state index >= 15 is 0 Å². The van der Waals surface area contributed by atoms with E-state index in [0.29, 0.717) is 11.7 Å². The van der Waals surface area contributed by atoms with Crippen LogP contribution in [0.25, 0.3) is 0 Å². The van der Waals surface area contributed by atoms with Gasteiger partial charge >= 0.3 is 0 Å². The Kier molecular flexibility index (Phi) is 5.12. The number of thioether (sulfide) groups is 1. The minimum atomic E-state index is -0.414. The van der Waals surface area contributed by atoms with Crippen LogP contribution >= 0.6 is 11.8 Å². The van der Waals surface area contributed by atoms with E-state index < -0.39 is 4.92 Å². The van der Waals surface area contributed by atoms with Crippen LogP contribution in [0.4, 0.5) is 11.4 Å². The Morgan fingerprint density at radius 2 is 2.00 bits per heavy atom. The Labute approximate surface area is 168 Å². The Balaban J connectivity index is 1.52. The van der Waals surface area contributed by atoms with Gasteiger partial charge in [0.1, 0.15) is 0 Å². The number of hydrogen-bond acceptors (Lipinski definition) is 5. The second kappa shape index (κ2) is 7.56. The average molecular weight is 398 g/mol. The molecule has 6 nitrogen and oxygen atoms in total. The summed E-state index contributed by atoms with van der Waals surface area (Å²) < 4.78 is 0. The predicted molar refractivity (Wildman–Crippen MR) is 111 cm³/mol. The van der Waals surface area contributed by atoms with E-state index in [9.17, 15) is 14.9 Å². The zero-order valence-electron chi connectivity index (χ0n) is 16.0. The number of non-ortho nitro benzene ring substituents is 1. The molecule has 146 valence electrons. The Morgan fingerprint density at radius 3 is 2.71 bits per heavy atom. The van der Waals surface area contributed by atoms with Crippen LogP contribution in [0.2, 0.25) is 0 Å². The van der Waals surface area contributed by atoms with E-state index in [4.69, 9.17) is 0 Å². The topological polar surface area (TPSA) is 66.7 Å². The molecule has 2 aliphatic rings. The number of aryl methyl sites for hydroxylation is 1. The number of carbonyl (C=O) groups is 1. The maximum Gasteiger partial charge on any atom is 0.269 e. The molecule has 0 saturated carbocycles. The van der Waals surface area contributed by atoms with Gasteiger partial charge in [0.15, 0.2) is 0 Å². The first-order chi connectivity index (χ1) is 13.4. The molecule has 28 heavy (non-hydrogen) atoms. The molecule has 2 atom stereocenters. The maximum absolute atomic E-state index is 13.2. The maximum atomic E-state index is 13.2. The van der Waals surface area contributed by atoms with E-state index in [-0.39, 0.29) is 17.6 Å². The molecule has 4 rings (SSSR count). The fraction of sp³-hybridized carbons (Fsp3) is 0.381. The number of nitrogens with zero attached hydrogens (tertiary/aromatic N) is 3. The van der Waals surface area contributed by atoms with Gasteiger partial charge in [0.2, 0.25) is 5.91 Å². The van der Waals surface area contributed by atoms with Gasteiger partial charge in [0.05, 0.1) is 10.7 Å². The molecule has 1 fully saturated rings. The van der Waals surface area contributed by atoms with Gasteiger partial charge in [0, 0.05) is 41.2 Å². The van der Waals surface area contributed by atoms with Crippen molar-refractivity contribution in [1.29, 1.82) is 0 Å². The number of likely N-dealkylation sites (tertiary alicyclic amines) is 1. The first kappa shape index (κ1) is 19.0. The Morgan fingerprint density at radius 1 is 1.25 bits per heavy atom. The van der Waals surface area contributed by atoms with Crippen LogP contribution in [0.5, 0.6) is 0 Å². The lowest BCUT2D eigenvalue weighted by Gasteiger charge is -2.36. The molecule has 2 aromatic rings. The first-order valence-electron chi connectivity index (χ1n) is 9.42. The standard InChI is InChI=1S/C21H23N3O3S/c1-14-3-8-19-17(11-14)18-12-22(2)10-9-20(18)23(19)21(25)13-28-16-6-4-15(5-7-16)24(26)27/h3-8,11,18,20H,9-10,12-13H2,1-2H3/t18-,20+/m0/s1. The number of fused-ring (bicyclic) bond motifs is 3. The van der Waals surface area contributed by atoms with Crippen LogP contribution in [0, 0.1) is 17.0 Å². The molecule has 0 unspecified atom stereocenters. The zero-order chi connectivity index (χ0) is 19.8. The van der Waals surface area contributed by atoms with Crippen molar-refractivity contribution < 1.29 is 9.72 Å². The van der Waals surface area contributed by atoms with Crippen molar-refractivity contribution in [2.45, 2.75) is 30.2 Å².